The van der Waals surface area contributed by atoms with Crippen LogP contribution in [0, 0.1) is 0 Å². The number of hydrogen-bond acceptors (Lipinski definition) is 0. The Bertz CT molecular complexity index is 114. The summed E-state index contributed by atoms with van der Waals surface area (Å²) in [4.78, 5) is 0. The zero-order valence-corrected chi connectivity index (χ0v) is 16.0. The first-order valence-electron chi connectivity index (χ1n) is 8.41. The number of rotatable bonds is 14. The van der Waals surface area contributed by atoms with Gasteiger partial charge in [-0.05, 0) is 0 Å². The monoisotopic (exact) mass is 306 g/mol. The van der Waals surface area contributed by atoms with Crippen LogP contribution in [0.25, 0.3) is 0 Å². The average molecular weight is 308 g/mol. The molecule has 0 amide bonds. The largest absolute Gasteiger partial charge is 2.00 e. The molecule has 0 aliphatic carbocycles. The van der Waals surface area contributed by atoms with Crippen LogP contribution in [0.5, 0.6) is 0 Å². The molecule has 0 heterocycles. The minimum absolute atomic E-state index is 0. The molecule has 0 radical (unpaired) electrons. The molecule has 108 valence electrons. The third kappa shape index (κ3) is 18.9. The summed E-state index contributed by atoms with van der Waals surface area (Å²) in [5.41, 5.74) is 0. The van der Waals surface area contributed by atoms with Gasteiger partial charge in [-0.15, -0.1) is 0 Å². The van der Waals surface area contributed by atoms with Crippen LogP contribution in [0.2, 0.25) is 10.0 Å². The van der Waals surface area contributed by atoms with Crippen molar-refractivity contribution in [1.29, 1.82) is 0 Å². The second kappa shape index (κ2) is 19.9. The average Bonchev–Trinajstić information content (AvgIpc) is 2.35. The molecule has 0 N–H and O–H groups in total. The van der Waals surface area contributed by atoms with Crippen LogP contribution in [0.3, 0.4) is 0 Å². The van der Waals surface area contributed by atoms with E-state index in [0.29, 0.717) is 0 Å². The minimum Gasteiger partial charge on any atom is -2.00 e. The maximum absolute atomic E-state index is 2.30. The molecule has 0 bridgehead atoms. The summed E-state index contributed by atoms with van der Waals surface area (Å²) in [5.74, 6) is 0. The summed E-state index contributed by atoms with van der Waals surface area (Å²) < 4.78 is 0. The maximum Gasteiger partial charge on any atom is -2.00 e. The Hall–Kier alpha value is 0.583. The van der Waals surface area contributed by atoms with Gasteiger partial charge in [-0.3, -0.25) is 0 Å². The third-order valence-corrected chi connectivity index (χ3v) is 7.90. The van der Waals surface area contributed by atoms with Gasteiger partial charge in [0.25, 0.3) is 0 Å². The van der Waals surface area contributed by atoms with Gasteiger partial charge in [0.2, 0.25) is 0 Å². The van der Waals surface area contributed by atoms with Gasteiger partial charge in [0.15, 0.2) is 0 Å². The van der Waals surface area contributed by atoms with E-state index in [4.69, 9.17) is 0 Å². The second-order valence-corrected chi connectivity index (χ2v) is 10.0. The van der Waals surface area contributed by atoms with Crippen LogP contribution < -0.4 is 0 Å². The molecule has 0 aliphatic rings. The van der Waals surface area contributed by atoms with Crippen molar-refractivity contribution < 1.29 is 22.6 Å². The zero-order valence-electron chi connectivity index (χ0n) is 13.0. The third-order valence-electron chi connectivity index (χ3n) is 3.71. The topological polar surface area (TPSA) is 28.5 Å². The van der Waals surface area contributed by atoms with Crippen LogP contribution in [-0.2, 0) is 22.6 Å². The van der Waals surface area contributed by atoms with Crippen molar-refractivity contribution >= 4 is 0 Å². The molecule has 1 nitrogen and oxygen atoms in total. The summed E-state index contributed by atoms with van der Waals surface area (Å²) in [6.45, 7) is 4.60. The van der Waals surface area contributed by atoms with Gasteiger partial charge >= 0.3 is 118 Å². The molecule has 18 heavy (non-hydrogen) atoms. The van der Waals surface area contributed by atoms with E-state index in [0.717, 1.165) is 0 Å². The quantitative estimate of drug-likeness (QED) is 0.258. The van der Waals surface area contributed by atoms with Crippen LogP contribution in [0.15, 0.2) is 0 Å². The second-order valence-electron chi connectivity index (χ2n) is 5.60. The van der Waals surface area contributed by atoms with Gasteiger partial charge in [0.1, 0.15) is 0 Å². The van der Waals surface area contributed by atoms with Gasteiger partial charge in [-0.2, -0.15) is 0 Å². The van der Waals surface area contributed by atoms with E-state index in [1.807, 2.05) is 0 Å². The molecule has 0 rings (SSSR count). The molecule has 0 aromatic rings. The molecule has 0 unspecified atom stereocenters. The van der Waals surface area contributed by atoms with Crippen molar-refractivity contribution in [2.45, 2.75) is 101 Å². The Morgan fingerprint density at radius 1 is 0.500 bits per heavy atom. The maximum atomic E-state index is 2.30. The summed E-state index contributed by atoms with van der Waals surface area (Å²) in [6.07, 6.45) is 17.9. The Balaban J connectivity index is 0. The van der Waals surface area contributed by atoms with E-state index < -0.39 is 0 Å². The molecule has 0 fully saturated rings. The molecule has 2 heteroatoms. The standard InChI is InChI=1S/2C8H17.O.Zn/c2*1-3-5-7-8-6-4-2;;/h2*1,3-8H2,2H3;;/q;;-2;. The fourth-order valence-corrected chi connectivity index (χ4v) is 6.15. The van der Waals surface area contributed by atoms with Gasteiger partial charge in [0.05, 0.1) is 0 Å². The van der Waals surface area contributed by atoms with Gasteiger partial charge in [-0.1, -0.05) is 0 Å². The molecular formula is C16H34OZn-2. The molecule has 0 spiro atoms. The predicted molar refractivity (Wildman–Crippen MR) is 77.1 cm³/mol. The minimum atomic E-state index is -0.0720. The van der Waals surface area contributed by atoms with Crippen LogP contribution in [0.1, 0.15) is 90.9 Å². The Morgan fingerprint density at radius 3 is 1.22 bits per heavy atom. The van der Waals surface area contributed by atoms with E-state index >= 15 is 0 Å². The van der Waals surface area contributed by atoms with Gasteiger partial charge in [-0.25, -0.2) is 0 Å². The zero-order chi connectivity index (χ0) is 12.6. The van der Waals surface area contributed by atoms with Crippen molar-refractivity contribution in [3.63, 3.8) is 0 Å². The van der Waals surface area contributed by atoms with E-state index in [1.165, 1.54) is 64.2 Å². The van der Waals surface area contributed by atoms with E-state index in [1.54, 1.807) is 22.9 Å². The van der Waals surface area contributed by atoms with E-state index in [-0.39, 0.29) is 22.6 Å². The normalized spacial score (nSPS) is 9.89. The van der Waals surface area contributed by atoms with Crippen molar-refractivity contribution in [3.8, 4) is 0 Å². The Labute approximate surface area is 123 Å². The van der Waals surface area contributed by atoms with Crippen molar-refractivity contribution in [2.75, 3.05) is 0 Å². The van der Waals surface area contributed by atoms with E-state index in [2.05, 4.69) is 13.8 Å². The molecule has 0 aromatic heterocycles. The number of unbranched alkanes of at least 4 members (excludes halogenated alkanes) is 10. The van der Waals surface area contributed by atoms with Crippen LogP contribution >= 0.6 is 0 Å². The smallest absolute Gasteiger partial charge is 2.00 e. The van der Waals surface area contributed by atoms with Crippen LogP contribution in [-0.4, -0.2) is 0 Å². The molecule has 0 saturated heterocycles. The molecule has 0 saturated carbocycles. The van der Waals surface area contributed by atoms with Crippen molar-refractivity contribution in [3.05, 3.63) is 0 Å². The van der Waals surface area contributed by atoms with Gasteiger partial charge in [0, 0.05) is 0 Å². The molecule has 0 aliphatic heterocycles. The van der Waals surface area contributed by atoms with Crippen LogP contribution in [0.4, 0.5) is 0 Å². The van der Waals surface area contributed by atoms with Gasteiger partial charge < -0.3 is 5.48 Å². The van der Waals surface area contributed by atoms with Crippen molar-refractivity contribution in [2.24, 2.45) is 0 Å². The summed E-state index contributed by atoms with van der Waals surface area (Å²) in [7, 11) is 0. The number of hydrogen-bond donors (Lipinski definition) is 0. The van der Waals surface area contributed by atoms with Crippen molar-refractivity contribution in [1.82, 2.24) is 0 Å². The summed E-state index contributed by atoms with van der Waals surface area (Å²) >= 11 is -0.0720. The fourth-order valence-electron chi connectivity index (χ4n) is 2.44. The Morgan fingerprint density at radius 2 is 0.833 bits per heavy atom. The first kappa shape index (κ1) is 20.9. The Kier molecular flexibility index (Phi) is 23.1. The van der Waals surface area contributed by atoms with E-state index in [9.17, 15) is 0 Å². The first-order valence-corrected chi connectivity index (χ1v) is 12.6. The molecule has 0 atom stereocenters. The summed E-state index contributed by atoms with van der Waals surface area (Å²) in [5, 5.41) is 3.35. The molecule has 0 aromatic carbocycles. The molecular weight excluding hydrogens is 274 g/mol. The first-order chi connectivity index (χ1) is 8.41. The fraction of sp³-hybridized carbons (Fsp3) is 1.00. The SMILES string of the molecule is CCCCCCC[CH2][Zn][CH2]CCCCCCC.[O-2]. The predicted octanol–water partition coefficient (Wildman–Crippen LogP) is 6.51. The summed E-state index contributed by atoms with van der Waals surface area (Å²) in [6, 6.07) is 0.